The highest BCUT2D eigenvalue weighted by molar-refractivity contribution is 6.43. The molecule has 2 atom stereocenters. The first-order chi connectivity index (χ1) is 16.1. The minimum Gasteiger partial charge on any atom is -0.497 e. The van der Waals surface area contributed by atoms with Crippen molar-refractivity contribution in [2.75, 3.05) is 20.7 Å². The van der Waals surface area contributed by atoms with Crippen LogP contribution in [-0.2, 0) is 15.0 Å². The molecule has 0 heterocycles. The Morgan fingerprint density at radius 3 is 2.35 bits per heavy atom. The van der Waals surface area contributed by atoms with Gasteiger partial charge in [-0.2, -0.15) is 0 Å². The number of ether oxygens (including phenoxy) is 1. The standard InChI is InChI=1S/C23H38BN5O5/c1-15(2)14-19(24(32)33)29-20(30)18(6-5-13-27-22(25)26-3)28-21(31)23(11-12-23)16-7-9-17(34-4)10-8-16/h7-10,15,18-19,32-33H,5-6,11-14H2,1-4H3,(H,28,31)(H,29,30)(H3,25,26,27)/t18-,19-/m0/s1. The molecule has 0 unspecified atom stereocenters. The molecule has 7 N–H and O–H groups in total. The number of carbonyl (C=O) groups is 2. The molecule has 0 saturated heterocycles. The van der Waals surface area contributed by atoms with Crippen molar-refractivity contribution in [2.24, 2.45) is 16.6 Å². The van der Waals surface area contributed by atoms with Gasteiger partial charge in [-0.25, -0.2) is 0 Å². The number of guanidine groups is 1. The fraction of sp³-hybridized carbons (Fsp3) is 0.609. The third-order valence-electron chi connectivity index (χ3n) is 6.08. The minimum absolute atomic E-state index is 0.144. The van der Waals surface area contributed by atoms with Gasteiger partial charge in [0.25, 0.3) is 0 Å². The van der Waals surface area contributed by atoms with Crippen LogP contribution in [0.15, 0.2) is 29.3 Å². The molecule has 2 rings (SSSR count). The van der Waals surface area contributed by atoms with Crippen LogP contribution in [0.2, 0.25) is 0 Å². The van der Waals surface area contributed by atoms with Crippen molar-refractivity contribution in [1.82, 2.24) is 16.0 Å². The summed E-state index contributed by atoms with van der Waals surface area (Å²) in [7, 11) is 1.46. The number of carbonyl (C=O) groups excluding carboxylic acids is 2. The third-order valence-corrected chi connectivity index (χ3v) is 6.08. The molecule has 0 radical (unpaired) electrons. The predicted octanol–water partition coefficient (Wildman–Crippen LogP) is 0.0688. The molecule has 10 nitrogen and oxygen atoms in total. The average molecular weight is 475 g/mol. The SMILES string of the molecule is CN=C(N)NCCC[C@H](NC(=O)C1(c2ccc(OC)cc2)CC1)C(=O)N[C@@H](CC(C)C)B(O)O. The lowest BCUT2D eigenvalue weighted by atomic mass is 9.75. The first kappa shape index (κ1) is 27.5. The summed E-state index contributed by atoms with van der Waals surface area (Å²) in [6, 6.07) is 6.54. The second kappa shape index (κ2) is 12.6. The quantitative estimate of drug-likeness (QED) is 0.102. The van der Waals surface area contributed by atoms with Crippen molar-refractivity contribution in [3.8, 4) is 5.75 Å². The molecule has 2 amide bonds. The summed E-state index contributed by atoms with van der Waals surface area (Å²) >= 11 is 0. The summed E-state index contributed by atoms with van der Waals surface area (Å²) < 4.78 is 5.20. The summed E-state index contributed by atoms with van der Waals surface area (Å²) in [4.78, 5) is 30.2. The van der Waals surface area contributed by atoms with Crippen molar-refractivity contribution in [1.29, 1.82) is 0 Å². The molecule has 0 spiro atoms. The van der Waals surface area contributed by atoms with E-state index in [0.29, 0.717) is 50.4 Å². The second-order valence-corrected chi connectivity index (χ2v) is 9.17. The topological polar surface area (TPSA) is 158 Å². The Kier molecular flexibility index (Phi) is 10.2. The minimum atomic E-state index is -1.70. The molecule has 0 aliphatic heterocycles. The zero-order valence-corrected chi connectivity index (χ0v) is 20.5. The predicted molar refractivity (Wildman–Crippen MR) is 132 cm³/mol. The summed E-state index contributed by atoms with van der Waals surface area (Å²) in [5, 5.41) is 28.0. The molecule has 1 saturated carbocycles. The molecule has 1 fully saturated rings. The van der Waals surface area contributed by atoms with Crippen molar-refractivity contribution < 1.29 is 24.4 Å². The number of rotatable bonds is 13. The zero-order valence-electron chi connectivity index (χ0n) is 20.5. The van der Waals surface area contributed by atoms with Crippen LogP contribution in [-0.4, -0.2) is 67.6 Å². The van der Waals surface area contributed by atoms with E-state index in [0.717, 1.165) is 5.56 Å². The van der Waals surface area contributed by atoms with Gasteiger partial charge in [0.2, 0.25) is 11.8 Å². The smallest absolute Gasteiger partial charge is 0.475 e. The van der Waals surface area contributed by atoms with Crippen LogP contribution in [0.1, 0.15) is 51.5 Å². The molecule has 1 aromatic rings. The fourth-order valence-corrected chi connectivity index (χ4v) is 3.90. The monoisotopic (exact) mass is 475 g/mol. The Bertz CT molecular complexity index is 843. The molecule has 11 heteroatoms. The number of hydrogen-bond acceptors (Lipinski definition) is 6. The molecule has 188 valence electrons. The largest absolute Gasteiger partial charge is 0.497 e. The van der Waals surface area contributed by atoms with Crippen LogP contribution >= 0.6 is 0 Å². The summed E-state index contributed by atoms with van der Waals surface area (Å²) in [6.45, 7) is 4.33. The normalized spacial score (nSPS) is 16.4. The number of amides is 2. The number of nitrogens with one attached hydrogen (secondary N) is 3. The Balaban J connectivity index is 2.12. The van der Waals surface area contributed by atoms with Crippen molar-refractivity contribution >= 4 is 24.9 Å². The van der Waals surface area contributed by atoms with E-state index >= 15 is 0 Å². The summed E-state index contributed by atoms with van der Waals surface area (Å²) in [5.41, 5.74) is 5.86. The van der Waals surface area contributed by atoms with Gasteiger partial charge in [-0.15, -0.1) is 0 Å². The number of methoxy groups -OCH3 is 1. The van der Waals surface area contributed by atoms with Gasteiger partial charge in [-0.05, 0) is 55.7 Å². The van der Waals surface area contributed by atoms with E-state index in [9.17, 15) is 19.6 Å². The average Bonchev–Trinajstić information content (AvgIpc) is 3.62. The highest BCUT2D eigenvalue weighted by Crippen LogP contribution is 2.48. The van der Waals surface area contributed by atoms with Gasteiger partial charge < -0.3 is 36.5 Å². The van der Waals surface area contributed by atoms with E-state index in [1.165, 1.54) is 0 Å². The number of nitrogens with two attached hydrogens (primary N) is 1. The first-order valence-electron chi connectivity index (χ1n) is 11.7. The molecule has 1 aliphatic rings. The lowest BCUT2D eigenvalue weighted by Crippen LogP contribution is -2.55. The van der Waals surface area contributed by atoms with Crippen LogP contribution in [0.25, 0.3) is 0 Å². The highest BCUT2D eigenvalue weighted by Gasteiger charge is 2.52. The van der Waals surface area contributed by atoms with Crippen LogP contribution in [0.4, 0.5) is 0 Å². The maximum Gasteiger partial charge on any atom is 0.475 e. The maximum atomic E-state index is 13.3. The summed E-state index contributed by atoms with van der Waals surface area (Å²) in [6.07, 6.45) is 2.66. The van der Waals surface area contributed by atoms with E-state index in [2.05, 4.69) is 20.9 Å². The van der Waals surface area contributed by atoms with E-state index in [-0.39, 0.29) is 11.8 Å². The molecular weight excluding hydrogens is 437 g/mol. The summed E-state index contributed by atoms with van der Waals surface area (Å²) in [5.74, 6) is -0.352. The van der Waals surface area contributed by atoms with Gasteiger partial charge in [-0.3, -0.25) is 14.6 Å². The highest BCUT2D eigenvalue weighted by atomic mass is 16.5. The molecule has 0 aromatic heterocycles. The second-order valence-electron chi connectivity index (χ2n) is 9.17. The number of aliphatic imine (C=N–C) groups is 1. The Hall–Kier alpha value is -2.79. The van der Waals surface area contributed by atoms with Gasteiger partial charge in [-0.1, -0.05) is 26.0 Å². The number of hydrogen-bond donors (Lipinski definition) is 6. The zero-order chi connectivity index (χ0) is 25.3. The van der Waals surface area contributed by atoms with E-state index in [1.807, 2.05) is 38.1 Å². The van der Waals surface area contributed by atoms with E-state index in [1.54, 1.807) is 14.2 Å². The number of nitrogens with zero attached hydrogens (tertiary/aromatic N) is 1. The fourth-order valence-electron chi connectivity index (χ4n) is 3.90. The third kappa shape index (κ3) is 7.63. The van der Waals surface area contributed by atoms with Gasteiger partial charge in [0.05, 0.1) is 18.5 Å². The van der Waals surface area contributed by atoms with Gasteiger partial charge >= 0.3 is 7.12 Å². The molecule has 0 bridgehead atoms. The van der Waals surface area contributed by atoms with E-state index < -0.39 is 30.4 Å². The van der Waals surface area contributed by atoms with Crippen molar-refractivity contribution in [3.05, 3.63) is 29.8 Å². The Morgan fingerprint density at radius 1 is 1.21 bits per heavy atom. The van der Waals surface area contributed by atoms with Crippen LogP contribution in [0, 0.1) is 5.92 Å². The Morgan fingerprint density at radius 2 is 1.85 bits per heavy atom. The van der Waals surface area contributed by atoms with Crippen molar-refractivity contribution in [2.45, 2.75) is 63.3 Å². The van der Waals surface area contributed by atoms with Crippen LogP contribution in [0.5, 0.6) is 5.75 Å². The molecule has 1 aliphatic carbocycles. The van der Waals surface area contributed by atoms with Gasteiger partial charge in [0, 0.05) is 13.6 Å². The van der Waals surface area contributed by atoms with Crippen LogP contribution < -0.4 is 26.4 Å². The molecule has 1 aromatic carbocycles. The lowest BCUT2D eigenvalue weighted by molar-refractivity contribution is -0.130. The number of benzene rings is 1. The molecular formula is C23H38BN5O5. The Labute approximate surface area is 201 Å². The molecule has 34 heavy (non-hydrogen) atoms. The lowest BCUT2D eigenvalue weighted by Gasteiger charge is -2.26. The van der Waals surface area contributed by atoms with Crippen LogP contribution in [0.3, 0.4) is 0 Å². The maximum absolute atomic E-state index is 13.3. The van der Waals surface area contributed by atoms with E-state index in [4.69, 9.17) is 10.5 Å². The first-order valence-corrected chi connectivity index (χ1v) is 11.7. The van der Waals surface area contributed by atoms with Gasteiger partial charge in [0.15, 0.2) is 5.96 Å². The van der Waals surface area contributed by atoms with Crippen molar-refractivity contribution in [3.63, 3.8) is 0 Å². The van der Waals surface area contributed by atoms with Gasteiger partial charge in [0.1, 0.15) is 11.8 Å².